The van der Waals surface area contributed by atoms with Crippen molar-refractivity contribution in [1.82, 2.24) is 0 Å². The van der Waals surface area contributed by atoms with Gasteiger partial charge in [-0.2, -0.15) is 0 Å². The topological polar surface area (TPSA) is 12.4 Å². The largest absolute Gasteiger partial charge is 0.264 e. The molecule has 0 spiro atoms. The molecule has 0 aromatic carbocycles. The van der Waals surface area contributed by atoms with E-state index in [2.05, 4.69) is 11.1 Å². The minimum atomic E-state index is 0.958. The van der Waals surface area contributed by atoms with Crippen molar-refractivity contribution >= 4 is 6.21 Å². The Morgan fingerprint density at radius 3 is 3.57 bits per heavy atom. The van der Waals surface area contributed by atoms with Crippen LogP contribution in [0.1, 0.15) is 6.42 Å². The van der Waals surface area contributed by atoms with E-state index in [1.165, 1.54) is 0 Å². The summed E-state index contributed by atoms with van der Waals surface area (Å²) in [5.41, 5.74) is 0. The Kier molecular flexibility index (Phi) is 1.44. The van der Waals surface area contributed by atoms with Gasteiger partial charge in [0.1, 0.15) is 0 Å². The van der Waals surface area contributed by atoms with Gasteiger partial charge in [0.15, 0.2) is 0 Å². The predicted octanol–water partition coefficient (Wildman–Crippen LogP) is 1.33. The van der Waals surface area contributed by atoms with Gasteiger partial charge in [0.05, 0.1) is 0 Å². The molecule has 1 nitrogen and oxygen atoms in total. The van der Waals surface area contributed by atoms with Gasteiger partial charge in [0.25, 0.3) is 0 Å². The predicted molar refractivity (Wildman–Crippen MR) is 30.1 cm³/mol. The average molecular weight is 92.1 g/mol. The van der Waals surface area contributed by atoms with E-state index in [0.29, 0.717) is 0 Å². The Balaban J connectivity index is 2.60. The summed E-state index contributed by atoms with van der Waals surface area (Å²) in [5, 5.41) is 0. The number of nitrogens with zero attached hydrogens (tertiary/aromatic N) is 1. The fourth-order valence-electron chi connectivity index (χ4n) is 0.397. The van der Waals surface area contributed by atoms with Crippen LogP contribution in [0, 0.1) is 6.08 Å². The lowest BCUT2D eigenvalue weighted by molar-refractivity contribution is 1.38. The van der Waals surface area contributed by atoms with Gasteiger partial charge in [0, 0.05) is 12.4 Å². The molecule has 1 aliphatic heterocycles. The second kappa shape index (κ2) is 2.35. The van der Waals surface area contributed by atoms with Gasteiger partial charge in [-0.25, -0.2) is 0 Å². The standard InChI is InChI=1S/C6H6N/c1-2-4-6-7-5-3-1/h1,4-6H,2H2. The molecule has 1 heterocycles. The van der Waals surface area contributed by atoms with Crippen molar-refractivity contribution in [3.63, 3.8) is 0 Å². The first-order chi connectivity index (χ1) is 3.50. The van der Waals surface area contributed by atoms with Crippen LogP contribution in [-0.2, 0) is 0 Å². The molecule has 1 rings (SSSR count). The molecule has 0 saturated carbocycles. The van der Waals surface area contributed by atoms with Crippen LogP contribution >= 0.6 is 0 Å². The molecule has 1 radical (unpaired) electrons. The van der Waals surface area contributed by atoms with Gasteiger partial charge >= 0.3 is 0 Å². The Bertz CT molecular complexity index is 106. The third kappa shape index (κ3) is 1.35. The molecule has 0 amide bonds. The molecule has 35 valence electrons. The zero-order valence-electron chi connectivity index (χ0n) is 3.96. The number of hydrogen-bond acceptors (Lipinski definition) is 1. The molecule has 0 saturated heterocycles. The number of hydrogen-bond donors (Lipinski definition) is 0. The highest BCUT2D eigenvalue weighted by Gasteiger charge is 1.72. The summed E-state index contributed by atoms with van der Waals surface area (Å²) in [6.45, 7) is 0. The van der Waals surface area contributed by atoms with Crippen LogP contribution in [-0.4, -0.2) is 6.21 Å². The third-order valence-electron chi connectivity index (χ3n) is 0.712. The smallest absolute Gasteiger partial charge is 0.0343 e. The molecular weight excluding hydrogens is 86.1 g/mol. The Morgan fingerprint density at radius 1 is 1.57 bits per heavy atom. The van der Waals surface area contributed by atoms with E-state index in [-0.39, 0.29) is 0 Å². The van der Waals surface area contributed by atoms with E-state index in [0.717, 1.165) is 6.42 Å². The van der Waals surface area contributed by atoms with Crippen molar-refractivity contribution in [3.05, 3.63) is 24.4 Å². The van der Waals surface area contributed by atoms with Crippen LogP contribution in [0.2, 0.25) is 0 Å². The molecule has 0 unspecified atom stereocenters. The first-order valence-electron chi connectivity index (χ1n) is 2.24. The van der Waals surface area contributed by atoms with Crippen molar-refractivity contribution in [2.24, 2.45) is 4.99 Å². The lowest BCUT2D eigenvalue weighted by Crippen LogP contribution is -1.56. The van der Waals surface area contributed by atoms with Crippen molar-refractivity contribution in [3.8, 4) is 0 Å². The van der Waals surface area contributed by atoms with Crippen LogP contribution in [0.3, 0.4) is 0 Å². The van der Waals surface area contributed by atoms with Crippen LogP contribution < -0.4 is 0 Å². The third-order valence-corrected chi connectivity index (χ3v) is 0.712. The van der Waals surface area contributed by atoms with Gasteiger partial charge < -0.3 is 0 Å². The van der Waals surface area contributed by atoms with Crippen LogP contribution in [0.4, 0.5) is 0 Å². The van der Waals surface area contributed by atoms with E-state index in [1.807, 2.05) is 12.2 Å². The molecule has 0 fully saturated rings. The normalized spacial score (nSPS) is 17.1. The average Bonchev–Trinajstić information content (AvgIpc) is 1.90. The molecule has 1 heteroatoms. The van der Waals surface area contributed by atoms with Gasteiger partial charge in [-0.3, -0.25) is 4.99 Å². The summed E-state index contributed by atoms with van der Waals surface area (Å²) in [4.78, 5) is 3.82. The number of allylic oxidation sites excluding steroid dienone is 3. The minimum absolute atomic E-state index is 0.958. The second-order valence-corrected chi connectivity index (χ2v) is 1.27. The molecule has 0 N–H and O–H groups in total. The maximum Gasteiger partial charge on any atom is 0.0343 e. The quantitative estimate of drug-likeness (QED) is 0.427. The summed E-state index contributed by atoms with van der Waals surface area (Å²) < 4.78 is 0. The summed E-state index contributed by atoms with van der Waals surface area (Å²) in [6.07, 6.45) is 11.2. The lowest BCUT2D eigenvalue weighted by Gasteiger charge is -1.68. The summed E-state index contributed by atoms with van der Waals surface area (Å²) in [7, 11) is 0. The SMILES string of the molecule is [C]1=CCC=CN=C1. The van der Waals surface area contributed by atoms with E-state index < -0.39 is 0 Å². The van der Waals surface area contributed by atoms with E-state index in [9.17, 15) is 0 Å². The van der Waals surface area contributed by atoms with Crippen LogP contribution in [0.15, 0.2) is 23.3 Å². The van der Waals surface area contributed by atoms with Gasteiger partial charge in [-0.1, -0.05) is 12.2 Å². The summed E-state index contributed by atoms with van der Waals surface area (Å²) >= 11 is 0. The molecule has 0 atom stereocenters. The van der Waals surface area contributed by atoms with Crippen molar-refractivity contribution < 1.29 is 0 Å². The molecule has 0 bridgehead atoms. The van der Waals surface area contributed by atoms with E-state index in [1.54, 1.807) is 12.4 Å². The van der Waals surface area contributed by atoms with Crippen LogP contribution in [0.25, 0.3) is 0 Å². The van der Waals surface area contributed by atoms with Gasteiger partial charge in [-0.05, 0) is 12.5 Å². The molecule has 0 aromatic rings. The first kappa shape index (κ1) is 4.31. The monoisotopic (exact) mass is 92.1 g/mol. The zero-order chi connectivity index (χ0) is 4.95. The van der Waals surface area contributed by atoms with Gasteiger partial charge in [0.2, 0.25) is 0 Å². The fourth-order valence-corrected chi connectivity index (χ4v) is 0.397. The maximum absolute atomic E-state index is 3.82. The highest BCUT2D eigenvalue weighted by Crippen LogP contribution is 1.87. The summed E-state index contributed by atoms with van der Waals surface area (Å²) in [6, 6.07) is 0. The minimum Gasteiger partial charge on any atom is -0.264 e. The molecule has 1 aliphatic rings. The molecule has 7 heavy (non-hydrogen) atoms. The lowest BCUT2D eigenvalue weighted by atomic mass is 10.4. The number of rotatable bonds is 0. The molecule has 0 aliphatic carbocycles. The Morgan fingerprint density at radius 2 is 2.57 bits per heavy atom. The van der Waals surface area contributed by atoms with Crippen molar-refractivity contribution in [2.45, 2.75) is 6.42 Å². The Hall–Kier alpha value is -0.850. The van der Waals surface area contributed by atoms with E-state index >= 15 is 0 Å². The molecule has 0 aromatic heterocycles. The van der Waals surface area contributed by atoms with Gasteiger partial charge in [-0.15, -0.1) is 0 Å². The summed E-state index contributed by atoms with van der Waals surface area (Å²) in [5.74, 6) is 0. The zero-order valence-corrected chi connectivity index (χ0v) is 3.96. The number of aliphatic imine (C=N–C) groups is 1. The molecular formula is C6H6N. The maximum atomic E-state index is 3.82. The fraction of sp³-hybridized carbons (Fsp3) is 0.167. The van der Waals surface area contributed by atoms with Crippen molar-refractivity contribution in [1.29, 1.82) is 0 Å². The highest BCUT2D eigenvalue weighted by molar-refractivity contribution is 5.67. The van der Waals surface area contributed by atoms with Crippen LogP contribution in [0.5, 0.6) is 0 Å². The van der Waals surface area contributed by atoms with E-state index in [4.69, 9.17) is 0 Å². The highest BCUT2D eigenvalue weighted by atomic mass is 14.7. The first-order valence-corrected chi connectivity index (χ1v) is 2.24. The Labute approximate surface area is 43.1 Å². The van der Waals surface area contributed by atoms with Crippen molar-refractivity contribution in [2.75, 3.05) is 0 Å². The second-order valence-electron chi connectivity index (χ2n) is 1.27.